The first-order valence-corrected chi connectivity index (χ1v) is 4.93. The summed E-state index contributed by atoms with van der Waals surface area (Å²) in [6.45, 7) is 2.32. The van der Waals surface area contributed by atoms with Crippen LogP contribution >= 0.6 is 0 Å². The molecule has 0 saturated carbocycles. The van der Waals surface area contributed by atoms with Gasteiger partial charge in [-0.15, -0.1) is 0 Å². The Morgan fingerprint density at radius 1 is 1.47 bits per heavy atom. The predicted molar refractivity (Wildman–Crippen MR) is 52.6 cm³/mol. The van der Waals surface area contributed by atoms with Crippen LogP contribution < -0.4 is 10.6 Å². The lowest BCUT2D eigenvalue weighted by atomic mass is 10.1. The van der Waals surface area contributed by atoms with Gasteiger partial charge in [0.2, 0.25) is 5.91 Å². The minimum absolute atomic E-state index is 0.000690. The second-order valence-corrected chi connectivity index (χ2v) is 3.62. The van der Waals surface area contributed by atoms with Gasteiger partial charge in [0.15, 0.2) is 0 Å². The van der Waals surface area contributed by atoms with Crippen molar-refractivity contribution in [1.29, 1.82) is 0 Å². The molecule has 2 atom stereocenters. The number of carbonyl (C=O) groups is 2. The van der Waals surface area contributed by atoms with E-state index in [1.807, 2.05) is 0 Å². The Morgan fingerprint density at radius 3 is 2.67 bits per heavy atom. The molecule has 1 fully saturated rings. The standard InChI is InChI=1S/C9H16N2O4/c1-6(12)10-4-8-3-2-7(5-15-8)11-9(13)14/h7-8,11H,2-5H2,1H3,(H,10,12)(H,13,14)/t7-,8+/m1/s1. The highest BCUT2D eigenvalue weighted by atomic mass is 16.5. The molecule has 3 N–H and O–H groups in total. The lowest BCUT2D eigenvalue weighted by Gasteiger charge is -2.28. The van der Waals surface area contributed by atoms with Crippen molar-refractivity contribution < 1.29 is 19.4 Å². The molecule has 6 nitrogen and oxygen atoms in total. The van der Waals surface area contributed by atoms with E-state index in [9.17, 15) is 9.59 Å². The van der Waals surface area contributed by atoms with Crippen molar-refractivity contribution >= 4 is 12.0 Å². The molecule has 15 heavy (non-hydrogen) atoms. The Morgan fingerprint density at radius 2 is 2.20 bits per heavy atom. The molecule has 0 spiro atoms. The van der Waals surface area contributed by atoms with Crippen LogP contribution in [-0.4, -0.2) is 42.4 Å². The van der Waals surface area contributed by atoms with Crippen molar-refractivity contribution in [3.05, 3.63) is 0 Å². The summed E-state index contributed by atoms with van der Waals surface area (Å²) < 4.78 is 5.40. The van der Waals surface area contributed by atoms with Crippen LogP contribution in [0.4, 0.5) is 4.79 Å². The molecule has 1 rings (SSSR count). The molecule has 0 unspecified atom stereocenters. The molecule has 1 aliphatic rings. The molecular weight excluding hydrogens is 200 g/mol. The normalized spacial score (nSPS) is 25.7. The fraction of sp³-hybridized carbons (Fsp3) is 0.778. The van der Waals surface area contributed by atoms with E-state index in [0.29, 0.717) is 13.2 Å². The number of nitrogens with one attached hydrogen (secondary N) is 2. The molecule has 1 saturated heterocycles. The molecule has 86 valence electrons. The van der Waals surface area contributed by atoms with Crippen LogP contribution in [-0.2, 0) is 9.53 Å². The van der Waals surface area contributed by atoms with Gasteiger partial charge in [-0.2, -0.15) is 0 Å². The van der Waals surface area contributed by atoms with Gasteiger partial charge in [-0.05, 0) is 12.8 Å². The highest BCUT2D eigenvalue weighted by molar-refractivity contribution is 5.72. The number of amides is 2. The SMILES string of the molecule is CC(=O)NC[C@@H]1CC[C@@H](NC(=O)O)CO1. The molecule has 0 aromatic rings. The maximum atomic E-state index is 10.6. The molecule has 0 aromatic heterocycles. The summed E-state index contributed by atoms with van der Waals surface area (Å²) in [5, 5.41) is 13.5. The van der Waals surface area contributed by atoms with Gasteiger partial charge in [0.05, 0.1) is 18.8 Å². The Labute approximate surface area is 88.0 Å². The smallest absolute Gasteiger partial charge is 0.404 e. The molecular formula is C9H16N2O4. The van der Waals surface area contributed by atoms with E-state index in [-0.39, 0.29) is 18.1 Å². The Hall–Kier alpha value is -1.30. The quantitative estimate of drug-likeness (QED) is 0.616. The second-order valence-electron chi connectivity index (χ2n) is 3.62. The number of hydrogen-bond donors (Lipinski definition) is 3. The predicted octanol–water partition coefficient (Wildman–Crippen LogP) is -0.0623. The van der Waals surface area contributed by atoms with Gasteiger partial charge in [-0.3, -0.25) is 4.79 Å². The highest BCUT2D eigenvalue weighted by Crippen LogP contribution is 2.12. The zero-order valence-corrected chi connectivity index (χ0v) is 8.66. The van der Waals surface area contributed by atoms with Crippen LogP contribution in [0.2, 0.25) is 0 Å². The zero-order valence-electron chi connectivity index (χ0n) is 8.66. The van der Waals surface area contributed by atoms with E-state index in [0.717, 1.165) is 12.8 Å². The zero-order chi connectivity index (χ0) is 11.3. The molecule has 1 heterocycles. The number of carbonyl (C=O) groups excluding carboxylic acids is 1. The van der Waals surface area contributed by atoms with E-state index >= 15 is 0 Å². The third kappa shape index (κ3) is 4.64. The number of rotatable bonds is 3. The molecule has 0 aromatic carbocycles. The van der Waals surface area contributed by atoms with E-state index in [1.54, 1.807) is 0 Å². The van der Waals surface area contributed by atoms with Gasteiger partial charge >= 0.3 is 6.09 Å². The van der Waals surface area contributed by atoms with Gasteiger partial charge in [-0.1, -0.05) is 0 Å². The van der Waals surface area contributed by atoms with Gasteiger partial charge in [-0.25, -0.2) is 4.79 Å². The van der Waals surface area contributed by atoms with Crippen molar-refractivity contribution in [3.63, 3.8) is 0 Å². The molecule has 0 aliphatic carbocycles. The minimum atomic E-state index is -1.02. The van der Waals surface area contributed by atoms with Crippen molar-refractivity contribution in [2.24, 2.45) is 0 Å². The lowest BCUT2D eigenvalue weighted by molar-refractivity contribution is -0.119. The topological polar surface area (TPSA) is 87.7 Å². The maximum absolute atomic E-state index is 10.6. The van der Waals surface area contributed by atoms with Gasteiger partial charge in [0.25, 0.3) is 0 Å². The summed E-state index contributed by atoms with van der Waals surface area (Å²) in [6, 6.07) is -0.129. The highest BCUT2D eigenvalue weighted by Gasteiger charge is 2.22. The van der Waals surface area contributed by atoms with Crippen molar-refractivity contribution in [3.8, 4) is 0 Å². The summed E-state index contributed by atoms with van der Waals surface area (Å²) in [5.41, 5.74) is 0. The third-order valence-electron chi connectivity index (χ3n) is 2.28. The first-order valence-electron chi connectivity index (χ1n) is 4.93. The van der Waals surface area contributed by atoms with E-state index in [2.05, 4.69) is 10.6 Å². The van der Waals surface area contributed by atoms with Crippen molar-refractivity contribution in [2.45, 2.75) is 31.9 Å². The fourth-order valence-corrected chi connectivity index (χ4v) is 1.51. The van der Waals surface area contributed by atoms with Gasteiger partial charge in [0.1, 0.15) is 0 Å². The Kier molecular flexibility index (Phi) is 4.36. The van der Waals surface area contributed by atoms with Crippen LogP contribution in [0.1, 0.15) is 19.8 Å². The largest absolute Gasteiger partial charge is 0.465 e. The molecule has 6 heteroatoms. The van der Waals surface area contributed by atoms with Crippen molar-refractivity contribution in [2.75, 3.05) is 13.2 Å². The molecule has 0 bridgehead atoms. The van der Waals surface area contributed by atoms with Crippen molar-refractivity contribution in [1.82, 2.24) is 10.6 Å². The lowest BCUT2D eigenvalue weighted by Crippen LogP contribution is -2.45. The third-order valence-corrected chi connectivity index (χ3v) is 2.28. The summed E-state index contributed by atoms with van der Waals surface area (Å²) in [5.74, 6) is -0.0793. The molecule has 1 aliphatic heterocycles. The Bertz CT molecular complexity index is 236. The summed E-state index contributed by atoms with van der Waals surface area (Å²) in [7, 11) is 0. The van der Waals surface area contributed by atoms with Crippen LogP contribution in [0.5, 0.6) is 0 Å². The maximum Gasteiger partial charge on any atom is 0.404 e. The van der Waals surface area contributed by atoms with Crippen LogP contribution in [0.25, 0.3) is 0 Å². The van der Waals surface area contributed by atoms with E-state index < -0.39 is 6.09 Å². The summed E-state index contributed by atoms with van der Waals surface area (Å²) >= 11 is 0. The van der Waals surface area contributed by atoms with Crippen LogP contribution in [0, 0.1) is 0 Å². The van der Waals surface area contributed by atoms with Crippen LogP contribution in [0.3, 0.4) is 0 Å². The second kappa shape index (κ2) is 5.55. The summed E-state index contributed by atoms with van der Waals surface area (Å²) in [6.07, 6.45) is 0.478. The average Bonchev–Trinajstić information content (AvgIpc) is 2.16. The fourth-order valence-electron chi connectivity index (χ4n) is 1.51. The number of carboxylic acid groups (broad SMARTS) is 1. The monoisotopic (exact) mass is 216 g/mol. The van der Waals surface area contributed by atoms with Gasteiger partial charge < -0.3 is 20.5 Å². The first-order chi connectivity index (χ1) is 7.08. The number of hydrogen-bond acceptors (Lipinski definition) is 3. The van der Waals surface area contributed by atoms with Gasteiger partial charge in [0, 0.05) is 13.5 Å². The van der Waals surface area contributed by atoms with E-state index in [1.165, 1.54) is 6.92 Å². The Balaban J connectivity index is 2.18. The first kappa shape index (κ1) is 11.8. The van der Waals surface area contributed by atoms with E-state index in [4.69, 9.17) is 9.84 Å². The minimum Gasteiger partial charge on any atom is -0.465 e. The van der Waals surface area contributed by atoms with Crippen LogP contribution in [0.15, 0.2) is 0 Å². The molecule has 2 amide bonds. The average molecular weight is 216 g/mol. The number of ether oxygens (including phenoxy) is 1. The summed E-state index contributed by atoms with van der Waals surface area (Å²) in [4.78, 5) is 21.0. The molecule has 0 radical (unpaired) electrons.